The first-order valence-electron chi connectivity index (χ1n) is 6.15. The number of aromatic nitrogens is 2. The first-order chi connectivity index (χ1) is 8.90. The molecule has 1 atom stereocenters. The third-order valence-electron chi connectivity index (χ3n) is 2.99. The Kier molecular flexibility index (Phi) is 4.19. The van der Waals surface area contributed by atoms with Crippen molar-refractivity contribution >= 4 is 23.2 Å². The Morgan fingerprint density at radius 1 is 1.21 bits per heavy atom. The maximum Gasteiger partial charge on any atom is 0.0837 e. The van der Waals surface area contributed by atoms with Crippen molar-refractivity contribution in [2.45, 2.75) is 32.9 Å². The Morgan fingerprint density at radius 3 is 2.47 bits per heavy atom. The summed E-state index contributed by atoms with van der Waals surface area (Å²) in [6.45, 7) is 6.08. The summed E-state index contributed by atoms with van der Waals surface area (Å²) in [5, 5.41) is 5.54. The molecule has 5 heteroatoms. The lowest BCUT2D eigenvalue weighted by Crippen LogP contribution is -2.19. The standard InChI is InChI=1S/C14H17Cl2N3/c1-8(2)19-14(12(16)7-18-19)13(17)10-4-9(3)5-11(15)6-10/h4-8,13H,17H2,1-3H3. The van der Waals surface area contributed by atoms with Crippen molar-refractivity contribution in [3.05, 3.63) is 51.3 Å². The fraction of sp³-hybridized carbons (Fsp3) is 0.357. The second kappa shape index (κ2) is 5.53. The van der Waals surface area contributed by atoms with E-state index in [-0.39, 0.29) is 12.1 Å². The minimum Gasteiger partial charge on any atom is -0.319 e. The fourth-order valence-electron chi connectivity index (χ4n) is 2.16. The van der Waals surface area contributed by atoms with E-state index in [1.54, 1.807) is 6.20 Å². The molecule has 2 rings (SSSR count). The van der Waals surface area contributed by atoms with E-state index >= 15 is 0 Å². The highest BCUT2D eigenvalue weighted by Crippen LogP contribution is 2.30. The van der Waals surface area contributed by atoms with Crippen LogP contribution >= 0.6 is 23.2 Å². The first kappa shape index (κ1) is 14.4. The monoisotopic (exact) mass is 297 g/mol. The molecule has 0 bridgehead atoms. The third-order valence-corrected chi connectivity index (χ3v) is 3.50. The predicted molar refractivity (Wildman–Crippen MR) is 79.8 cm³/mol. The molecule has 0 aliphatic heterocycles. The number of hydrogen-bond donors (Lipinski definition) is 1. The van der Waals surface area contributed by atoms with Crippen LogP contribution in [0.4, 0.5) is 0 Å². The van der Waals surface area contributed by atoms with Crippen LogP contribution in [0.1, 0.15) is 42.8 Å². The van der Waals surface area contributed by atoms with Crippen molar-refractivity contribution in [3.8, 4) is 0 Å². The molecule has 2 aromatic rings. The van der Waals surface area contributed by atoms with Gasteiger partial charge in [0, 0.05) is 11.1 Å². The molecule has 1 aromatic carbocycles. The number of halogens is 2. The normalized spacial score (nSPS) is 13.0. The molecule has 102 valence electrons. The highest BCUT2D eigenvalue weighted by molar-refractivity contribution is 6.31. The third kappa shape index (κ3) is 2.94. The van der Waals surface area contributed by atoms with Crippen LogP contribution in [0.25, 0.3) is 0 Å². The molecular weight excluding hydrogens is 281 g/mol. The van der Waals surface area contributed by atoms with Gasteiger partial charge >= 0.3 is 0 Å². The van der Waals surface area contributed by atoms with Crippen molar-refractivity contribution in [2.75, 3.05) is 0 Å². The average molecular weight is 298 g/mol. The molecule has 1 unspecified atom stereocenters. The van der Waals surface area contributed by atoms with Gasteiger partial charge in [-0.3, -0.25) is 4.68 Å². The fourth-order valence-corrected chi connectivity index (χ4v) is 2.70. The van der Waals surface area contributed by atoms with Gasteiger partial charge < -0.3 is 5.73 Å². The Balaban J connectivity index is 2.49. The topological polar surface area (TPSA) is 43.8 Å². The van der Waals surface area contributed by atoms with E-state index in [2.05, 4.69) is 5.10 Å². The zero-order chi connectivity index (χ0) is 14.2. The molecule has 0 radical (unpaired) electrons. The lowest BCUT2D eigenvalue weighted by molar-refractivity contribution is 0.499. The van der Waals surface area contributed by atoms with Crippen LogP contribution in [0.2, 0.25) is 10.0 Å². The molecule has 3 nitrogen and oxygen atoms in total. The summed E-state index contributed by atoms with van der Waals surface area (Å²) in [7, 11) is 0. The van der Waals surface area contributed by atoms with Crippen LogP contribution in [-0.2, 0) is 0 Å². The molecule has 2 N–H and O–H groups in total. The second-order valence-corrected chi connectivity index (χ2v) is 5.80. The van der Waals surface area contributed by atoms with Gasteiger partial charge in [0.2, 0.25) is 0 Å². The molecule has 19 heavy (non-hydrogen) atoms. The van der Waals surface area contributed by atoms with Crippen LogP contribution in [0, 0.1) is 6.92 Å². The van der Waals surface area contributed by atoms with E-state index in [1.165, 1.54) is 0 Å². The molecular formula is C14H17Cl2N3. The van der Waals surface area contributed by atoms with Gasteiger partial charge in [0.1, 0.15) is 0 Å². The SMILES string of the molecule is Cc1cc(Cl)cc(C(N)c2c(Cl)cnn2C(C)C)c1. The Hall–Kier alpha value is -1.03. The van der Waals surface area contributed by atoms with Crippen molar-refractivity contribution in [1.29, 1.82) is 0 Å². The summed E-state index contributed by atoms with van der Waals surface area (Å²) in [5.41, 5.74) is 9.16. The smallest absolute Gasteiger partial charge is 0.0837 e. The Bertz CT molecular complexity index is 570. The summed E-state index contributed by atoms with van der Waals surface area (Å²) in [6.07, 6.45) is 1.63. The minimum atomic E-state index is -0.338. The van der Waals surface area contributed by atoms with Gasteiger partial charge in [0.25, 0.3) is 0 Å². The number of nitrogens with two attached hydrogens (primary N) is 1. The molecule has 0 saturated carbocycles. The maximum absolute atomic E-state index is 6.33. The van der Waals surface area contributed by atoms with Gasteiger partial charge in [-0.1, -0.05) is 29.3 Å². The van der Waals surface area contributed by atoms with Crippen molar-refractivity contribution in [1.82, 2.24) is 9.78 Å². The summed E-state index contributed by atoms with van der Waals surface area (Å²) in [4.78, 5) is 0. The second-order valence-electron chi connectivity index (χ2n) is 4.96. The first-order valence-corrected chi connectivity index (χ1v) is 6.91. The quantitative estimate of drug-likeness (QED) is 0.926. The van der Waals surface area contributed by atoms with Crippen LogP contribution in [-0.4, -0.2) is 9.78 Å². The molecule has 1 heterocycles. The van der Waals surface area contributed by atoms with Gasteiger partial charge in [-0.15, -0.1) is 0 Å². The number of hydrogen-bond acceptors (Lipinski definition) is 2. The van der Waals surface area contributed by atoms with Gasteiger partial charge in [0.15, 0.2) is 0 Å². The lowest BCUT2D eigenvalue weighted by Gasteiger charge is -2.18. The molecule has 0 saturated heterocycles. The number of nitrogens with zero attached hydrogens (tertiary/aromatic N) is 2. The van der Waals surface area contributed by atoms with Gasteiger partial charge in [-0.25, -0.2) is 0 Å². The lowest BCUT2D eigenvalue weighted by atomic mass is 10.0. The van der Waals surface area contributed by atoms with Gasteiger partial charge in [-0.05, 0) is 44.0 Å². The number of aryl methyl sites for hydroxylation is 1. The molecule has 0 aliphatic carbocycles. The summed E-state index contributed by atoms with van der Waals surface area (Å²) >= 11 is 12.3. The maximum atomic E-state index is 6.33. The highest BCUT2D eigenvalue weighted by Gasteiger charge is 2.20. The van der Waals surface area contributed by atoms with Crippen LogP contribution in [0.3, 0.4) is 0 Å². The number of rotatable bonds is 3. The Morgan fingerprint density at radius 2 is 1.89 bits per heavy atom. The van der Waals surface area contributed by atoms with Gasteiger partial charge in [0.05, 0.1) is 23.0 Å². The largest absolute Gasteiger partial charge is 0.319 e. The zero-order valence-electron chi connectivity index (χ0n) is 11.2. The van der Waals surface area contributed by atoms with Crippen LogP contribution < -0.4 is 5.73 Å². The van der Waals surface area contributed by atoms with Crippen molar-refractivity contribution < 1.29 is 0 Å². The van der Waals surface area contributed by atoms with E-state index in [4.69, 9.17) is 28.9 Å². The van der Waals surface area contributed by atoms with E-state index in [0.717, 1.165) is 16.8 Å². The molecule has 0 amide bonds. The number of benzene rings is 1. The minimum absolute atomic E-state index is 0.203. The molecule has 0 fully saturated rings. The molecule has 0 spiro atoms. The van der Waals surface area contributed by atoms with Crippen LogP contribution in [0.5, 0.6) is 0 Å². The summed E-state index contributed by atoms with van der Waals surface area (Å²) in [5.74, 6) is 0. The Labute approximate surface area is 123 Å². The van der Waals surface area contributed by atoms with Gasteiger partial charge in [-0.2, -0.15) is 5.10 Å². The van der Waals surface area contributed by atoms with E-state index in [0.29, 0.717) is 10.0 Å². The van der Waals surface area contributed by atoms with E-state index in [9.17, 15) is 0 Å². The molecule has 1 aromatic heterocycles. The predicted octanol–water partition coefficient (Wildman–Crippen LogP) is 4.13. The average Bonchev–Trinajstić information content (AvgIpc) is 2.69. The summed E-state index contributed by atoms with van der Waals surface area (Å²) < 4.78 is 1.85. The van der Waals surface area contributed by atoms with Crippen LogP contribution in [0.15, 0.2) is 24.4 Å². The van der Waals surface area contributed by atoms with Crippen molar-refractivity contribution in [3.63, 3.8) is 0 Å². The zero-order valence-corrected chi connectivity index (χ0v) is 12.7. The highest BCUT2D eigenvalue weighted by atomic mass is 35.5. The molecule has 0 aliphatic rings. The van der Waals surface area contributed by atoms with Crippen molar-refractivity contribution in [2.24, 2.45) is 5.73 Å². The summed E-state index contributed by atoms with van der Waals surface area (Å²) in [6, 6.07) is 5.65. The van der Waals surface area contributed by atoms with E-state index < -0.39 is 0 Å². The van der Waals surface area contributed by atoms with E-state index in [1.807, 2.05) is 43.7 Å².